The maximum Gasteiger partial charge on any atom is 0.220 e. The molecular formula is C15H26N2O. The maximum atomic E-state index is 11.6. The molecule has 2 saturated carbocycles. The second kappa shape index (κ2) is 5.60. The van der Waals surface area contributed by atoms with Gasteiger partial charge >= 0.3 is 0 Å². The highest BCUT2D eigenvalue weighted by Crippen LogP contribution is 2.31. The van der Waals surface area contributed by atoms with Crippen LogP contribution in [-0.2, 0) is 4.79 Å². The first-order valence-electron chi connectivity index (χ1n) is 7.81. The third-order valence-electron chi connectivity index (χ3n) is 4.64. The second-order valence-corrected chi connectivity index (χ2v) is 6.57. The SMILES string of the molecule is O=C(CCC1CCN(CC2CC2)CC1)NC1CC1. The van der Waals surface area contributed by atoms with E-state index in [0.717, 1.165) is 24.7 Å². The van der Waals surface area contributed by atoms with Crippen LogP contribution in [0.15, 0.2) is 0 Å². The van der Waals surface area contributed by atoms with Gasteiger partial charge < -0.3 is 10.2 Å². The number of rotatable bonds is 6. The second-order valence-electron chi connectivity index (χ2n) is 6.57. The summed E-state index contributed by atoms with van der Waals surface area (Å²) in [5.74, 6) is 2.11. The highest BCUT2D eigenvalue weighted by molar-refractivity contribution is 5.76. The Bertz CT molecular complexity index is 289. The molecule has 2 aliphatic carbocycles. The molecule has 3 aliphatic rings. The standard InChI is InChI=1S/C15H26N2O/c18-15(16-14-4-5-14)6-3-12-7-9-17(10-8-12)11-13-1-2-13/h12-14H,1-11H2,(H,16,18). The Balaban J connectivity index is 1.28. The molecule has 3 fully saturated rings. The summed E-state index contributed by atoms with van der Waals surface area (Å²) in [7, 11) is 0. The summed E-state index contributed by atoms with van der Waals surface area (Å²) >= 11 is 0. The van der Waals surface area contributed by atoms with Gasteiger partial charge in [0.15, 0.2) is 0 Å². The molecule has 0 spiro atoms. The Morgan fingerprint density at radius 2 is 1.72 bits per heavy atom. The summed E-state index contributed by atoms with van der Waals surface area (Å²) in [5, 5.41) is 3.09. The van der Waals surface area contributed by atoms with E-state index in [1.165, 1.54) is 58.2 Å². The zero-order valence-electron chi connectivity index (χ0n) is 11.4. The number of nitrogens with zero attached hydrogens (tertiary/aromatic N) is 1. The summed E-state index contributed by atoms with van der Waals surface area (Å²) < 4.78 is 0. The van der Waals surface area contributed by atoms with Gasteiger partial charge in [0.25, 0.3) is 0 Å². The minimum absolute atomic E-state index is 0.290. The number of hydrogen-bond acceptors (Lipinski definition) is 2. The predicted octanol–water partition coefficient (Wildman–Crippen LogP) is 2.17. The summed E-state index contributed by atoms with van der Waals surface area (Å²) in [5.41, 5.74) is 0. The fraction of sp³-hybridized carbons (Fsp3) is 0.933. The van der Waals surface area contributed by atoms with Crippen LogP contribution in [0.1, 0.15) is 51.4 Å². The summed E-state index contributed by atoms with van der Waals surface area (Å²) in [4.78, 5) is 14.3. The van der Waals surface area contributed by atoms with Gasteiger partial charge in [-0.2, -0.15) is 0 Å². The molecule has 1 amide bonds. The van der Waals surface area contributed by atoms with Crippen molar-refractivity contribution in [2.45, 2.75) is 57.4 Å². The van der Waals surface area contributed by atoms with Crippen LogP contribution < -0.4 is 5.32 Å². The Morgan fingerprint density at radius 3 is 2.33 bits per heavy atom. The van der Waals surface area contributed by atoms with Crippen LogP contribution in [-0.4, -0.2) is 36.5 Å². The molecule has 0 bridgehead atoms. The highest BCUT2D eigenvalue weighted by atomic mass is 16.1. The molecule has 0 aromatic rings. The molecule has 18 heavy (non-hydrogen) atoms. The van der Waals surface area contributed by atoms with Crippen LogP contribution in [0.2, 0.25) is 0 Å². The van der Waals surface area contributed by atoms with Crippen molar-refractivity contribution in [3.63, 3.8) is 0 Å². The zero-order valence-corrected chi connectivity index (χ0v) is 11.4. The van der Waals surface area contributed by atoms with E-state index >= 15 is 0 Å². The Labute approximate surface area is 110 Å². The number of carbonyl (C=O) groups is 1. The minimum Gasteiger partial charge on any atom is -0.353 e. The van der Waals surface area contributed by atoms with E-state index in [-0.39, 0.29) is 5.91 Å². The number of piperidine rings is 1. The quantitative estimate of drug-likeness (QED) is 0.783. The van der Waals surface area contributed by atoms with Crippen LogP contribution in [0.4, 0.5) is 0 Å². The lowest BCUT2D eigenvalue weighted by molar-refractivity contribution is -0.121. The fourth-order valence-corrected chi connectivity index (χ4v) is 2.99. The largest absolute Gasteiger partial charge is 0.353 e. The summed E-state index contributed by atoms with van der Waals surface area (Å²) in [6, 6.07) is 0.526. The average molecular weight is 250 g/mol. The summed E-state index contributed by atoms with van der Waals surface area (Å²) in [6.07, 6.45) is 9.80. The monoisotopic (exact) mass is 250 g/mol. The van der Waals surface area contributed by atoms with Gasteiger partial charge in [-0.05, 0) is 69.9 Å². The minimum atomic E-state index is 0.290. The molecular weight excluding hydrogens is 224 g/mol. The van der Waals surface area contributed by atoms with Crippen molar-refractivity contribution < 1.29 is 4.79 Å². The van der Waals surface area contributed by atoms with E-state index in [1.807, 2.05) is 0 Å². The van der Waals surface area contributed by atoms with E-state index in [9.17, 15) is 4.79 Å². The van der Waals surface area contributed by atoms with Gasteiger partial charge in [-0.1, -0.05) is 0 Å². The van der Waals surface area contributed by atoms with Crippen LogP contribution in [0, 0.1) is 11.8 Å². The van der Waals surface area contributed by atoms with Crippen molar-refractivity contribution in [1.29, 1.82) is 0 Å². The van der Waals surface area contributed by atoms with Crippen LogP contribution in [0.25, 0.3) is 0 Å². The Morgan fingerprint density at radius 1 is 1.00 bits per heavy atom. The molecule has 1 aliphatic heterocycles. The molecule has 102 valence electrons. The van der Waals surface area contributed by atoms with E-state index in [2.05, 4.69) is 10.2 Å². The molecule has 0 aromatic carbocycles. The van der Waals surface area contributed by atoms with Gasteiger partial charge in [0.2, 0.25) is 5.91 Å². The van der Waals surface area contributed by atoms with Crippen molar-refractivity contribution in [2.24, 2.45) is 11.8 Å². The van der Waals surface area contributed by atoms with Gasteiger partial charge in [0.05, 0.1) is 0 Å². The molecule has 1 heterocycles. The summed E-state index contributed by atoms with van der Waals surface area (Å²) in [6.45, 7) is 3.88. The van der Waals surface area contributed by atoms with E-state index in [1.54, 1.807) is 0 Å². The van der Waals surface area contributed by atoms with Crippen molar-refractivity contribution in [1.82, 2.24) is 10.2 Å². The number of likely N-dealkylation sites (tertiary alicyclic amines) is 1. The zero-order chi connectivity index (χ0) is 12.4. The molecule has 3 nitrogen and oxygen atoms in total. The fourth-order valence-electron chi connectivity index (χ4n) is 2.99. The van der Waals surface area contributed by atoms with Gasteiger partial charge in [-0.3, -0.25) is 4.79 Å². The number of hydrogen-bond donors (Lipinski definition) is 1. The van der Waals surface area contributed by atoms with Crippen molar-refractivity contribution in [3.8, 4) is 0 Å². The predicted molar refractivity (Wildman–Crippen MR) is 72.3 cm³/mol. The van der Waals surface area contributed by atoms with E-state index in [4.69, 9.17) is 0 Å². The van der Waals surface area contributed by atoms with Crippen LogP contribution in [0.5, 0.6) is 0 Å². The number of amides is 1. The van der Waals surface area contributed by atoms with Crippen LogP contribution in [0.3, 0.4) is 0 Å². The smallest absolute Gasteiger partial charge is 0.220 e. The van der Waals surface area contributed by atoms with Gasteiger partial charge in [0.1, 0.15) is 0 Å². The first-order chi connectivity index (χ1) is 8.79. The number of carbonyl (C=O) groups excluding carboxylic acids is 1. The lowest BCUT2D eigenvalue weighted by atomic mass is 9.92. The van der Waals surface area contributed by atoms with E-state index < -0.39 is 0 Å². The topological polar surface area (TPSA) is 32.3 Å². The Kier molecular flexibility index (Phi) is 3.88. The molecule has 0 radical (unpaired) electrons. The maximum absolute atomic E-state index is 11.6. The average Bonchev–Trinajstić information content (AvgIpc) is 3.24. The first kappa shape index (κ1) is 12.5. The molecule has 0 atom stereocenters. The van der Waals surface area contributed by atoms with Crippen LogP contribution >= 0.6 is 0 Å². The normalized spacial score (nSPS) is 26.2. The molecule has 3 rings (SSSR count). The third-order valence-corrected chi connectivity index (χ3v) is 4.64. The first-order valence-corrected chi connectivity index (χ1v) is 7.81. The molecule has 0 unspecified atom stereocenters. The molecule has 0 aromatic heterocycles. The number of nitrogens with one attached hydrogen (secondary N) is 1. The van der Waals surface area contributed by atoms with Crippen molar-refractivity contribution >= 4 is 5.91 Å². The molecule has 1 N–H and O–H groups in total. The molecule has 1 saturated heterocycles. The van der Waals surface area contributed by atoms with Crippen molar-refractivity contribution in [3.05, 3.63) is 0 Å². The van der Waals surface area contributed by atoms with Gasteiger partial charge in [-0.25, -0.2) is 0 Å². The van der Waals surface area contributed by atoms with Gasteiger partial charge in [-0.15, -0.1) is 0 Å². The lowest BCUT2D eigenvalue weighted by Crippen LogP contribution is -2.35. The van der Waals surface area contributed by atoms with Gasteiger partial charge in [0, 0.05) is 19.0 Å². The third kappa shape index (κ3) is 3.98. The highest BCUT2D eigenvalue weighted by Gasteiger charge is 2.27. The Hall–Kier alpha value is -0.570. The van der Waals surface area contributed by atoms with Crippen molar-refractivity contribution in [2.75, 3.05) is 19.6 Å². The lowest BCUT2D eigenvalue weighted by Gasteiger charge is -2.31. The van der Waals surface area contributed by atoms with E-state index in [0.29, 0.717) is 6.04 Å². The molecule has 3 heteroatoms.